The zero-order valence-corrected chi connectivity index (χ0v) is 8.67. The van der Waals surface area contributed by atoms with Crippen LogP contribution in [0.15, 0.2) is 10.7 Å². The van der Waals surface area contributed by atoms with E-state index in [0.29, 0.717) is 12.2 Å². The second-order valence-electron chi connectivity index (χ2n) is 2.59. The number of hydrogen-bond acceptors (Lipinski definition) is 3. The lowest BCUT2D eigenvalue weighted by Crippen LogP contribution is -2.03. The molecule has 1 N–H and O–H groups in total. The van der Waals surface area contributed by atoms with Gasteiger partial charge in [0.2, 0.25) is 0 Å². The highest BCUT2D eigenvalue weighted by Crippen LogP contribution is 2.16. The molecule has 0 amide bonds. The van der Waals surface area contributed by atoms with Crippen LogP contribution in [-0.4, -0.2) is 15.1 Å². The van der Waals surface area contributed by atoms with E-state index in [1.54, 1.807) is 6.20 Å². The van der Waals surface area contributed by atoms with Crippen molar-refractivity contribution in [2.45, 2.75) is 26.4 Å². The number of nitrogens with zero attached hydrogens (tertiary/aromatic N) is 2. The summed E-state index contributed by atoms with van der Waals surface area (Å²) in [5.41, 5.74) is 0.854. The Hall–Kier alpha value is -0.480. The van der Waals surface area contributed by atoms with Gasteiger partial charge in [0.25, 0.3) is 0 Å². The predicted molar refractivity (Wildman–Crippen MR) is 49.7 cm³/mol. The van der Waals surface area contributed by atoms with Crippen LogP contribution in [0.3, 0.4) is 0 Å². The third kappa shape index (κ3) is 2.01. The molecule has 12 heavy (non-hydrogen) atoms. The van der Waals surface area contributed by atoms with E-state index < -0.39 is 6.10 Å². The number of aliphatic hydroxyl groups is 1. The molecule has 1 aromatic rings. The molecule has 0 saturated heterocycles. The summed E-state index contributed by atoms with van der Waals surface area (Å²) in [6, 6.07) is 0. The highest BCUT2D eigenvalue weighted by Gasteiger charge is 2.08. The molecular weight excluding hydrogens is 220 g/mol. The maximum Gasteiger partial charge on any atom is 0.157 e. The van der Waals surface area contributed by atoms with E-state index in [1.807, 2.05) is 13.8 Å². The van der Waals surface area contributed by atoms with Crippen molar-refractivity contribution < 1.29 is 5.11 Å². The first-order valence-corrected chi connectivity index (χ1v) is 4.61. The van der Waals surface area contributed by atoms with E-state index in [0.717, 1.165) is 10.2 Å². The van der Waals surface area contributed by atoms with Gasteiger partial charge < -0.3 is 5.11 Å². The first kappa shape index (κ1) is 9.61. The average molecular weight is 231 g/mol. The minimum Gasteiger partial charge on any atom is -0.385 e. The van der Waals surface area contributed by atoms with E-state index in [9.17, 15) is 5.11 Å². The van der Waals surface area contributed by atoms with Gasteiger partial charge in [-0.1, -0.05) is 6.92 Å². The first-order chi connectivity index (χ1) is 5.65. The molecule has 0 radical (unpaired) electrons. The Morgan fingerprint density at radius 2 is 2.33 bits per heavy atom. The molecule has 0 aliphatic rings. The SMILES string of the molecule is CCC(O)c1ncc(Br)c(C)n1. The molecule has 0 saturated carbocycles. The Kier molecular flexibility index (Phi) is 3.17. The zero-order chi connectivity index (χ0) is 9.14. The molecule has 1 unspecified atom stereocenters. The monoisotopic (exact) mass is 230 g/mol. The fraction of sp³-hybridized carbons (Fsp3) is 0.500. The van der Waals surface area contributed by atoms with Crippen LogP contribution in [-0.2, 0) is 0 Å². The summed E-state index contributed by atoms with van der Waals surface area (Å²) in [5.74, 6) is 0.498. The van der Waals surface area contributed by atoms with Crippen molar-refractivity contribution in [2.75, 3.05) is 0 Å². The molecule has 0 aromatic carbocycles. The molecule has 66 valence electrons. The summed E-state index contributed by atoms with van der Waals surface area (Å²) in [4.78, 5) is 8.14. The van der Waals surface area contributed by atoms with E-state index >= 15 is 0 Å². The van der Waals surface area contributed by atoms with Gasteiger partial charge in [0.1, 0.15) is 6.10 Å². The Balaban J connectivity index is 2.96. The first-order valence-electron chi connectivity index (χ1n) is 3.82. The summed E-state index contributed by atoms with van der Waals surface area (Å²) >= 11 is 3.29. The average Bonchev–Trinajstić information content (AvgIpc) is 2.08. The predicted octanol–water partition coefficient (Wildman–Crippen LogP) is 1.99. The van der Waals surface area contributed by atoms with Crippen molar-refractivity contribution in [1.29, 1.82) is 0 Å². The highest BCUT2D eigenvalue weighted by atomic mass is 79.9. The number of aryl methyl sites for hydroxylation is 1. The lowest BCUT2D eigenvalue weighted by Gasteiger charge is -2.06. The third-order valence-corrected chi connectivity index (χ3v) is 2.40. The second-order valence-corrected chi connectivity index (χ2v) is 3.44. The van der Waals surface area contributed by atoms with Gasteiger partial charge in [-0.2, -0.15) is 0 Å². The summed E-state index contributed by atoms with van der Waals surface area (Å²) < 4.78 is 0.870. The van der Waals surface area contributed by atoms with Gasteiger partial charge in [-0.3, -0.25) is 0 Å². The van der Waals surface area contributed by atoms with Crippen LogP contribution in [0.4, 0.5) is 0 Å². The van der Waals surface area contributed by atoms with Crippen LogP contribution < -0.4 is 0 Å². The standard InChI is InChI=1S/C8H11BrN2O/c1-3-7(12)8-10-4-6(9)5(2)11-8/h4,7,12H,3H2,1-2H3. The summed E-state index contributed by atoms with van der Waals surface area (Å²) in [6.07, 6.45) is 1.76. The molecule has 3 nitrogen and oxygen atoms in total. The van der Waals surface area contributed by atoms with E-state index in [4.69, 9.17) is 0 Å². The van der Waals surface area contributed by atoms with Crippen LogP contribution in [0.25, 0.3) is 0 Å². The summed E-state index contributed by atoms with van der Waals surface area (Å²) in [7, 11) is 0. The maximum atomic E-state index is 9.40. The van der Waals surface area contributed by atoms with Crippen molar-refractivity contribution in [3.05, 3.63) is 22.2 Å². The highest BCUT2D eigenvalue weighted by molar-refractivity contribution is 9.10. The molecule has 0 aliphatic heterocycles. The summed E-state index contributed by atoms with van der Waals surface area (Å²) in [6.45, 7) is 3.77. The van der Waals surface area contributed by atoms with Gasteiger partial charge in [0.15, 0.2) is 5.82 Å². The molecule has 0 bridgehead atoms. The maximum absolute atomic E-state index is 9.40. The van der Waals surface area contributed by atoms with Gasteiger partial charge in [-0.25, -0.2) is 9.97 Å². The lowest BCUT2D eigenvalue weighted by atomic mass is 10.2. The molecule has 4 heteroatoms. The lowest BCUT2D eigenvalue weighted by molar-refractivity contribution is 0.163. The van der Waals surface area contributed by atoms with Crippen molar-refractivity contribution in [1.82, 2.24) is 9.97 Å². The number of aliphatic hydroxyl groups excluding tert-OH is 1. The molecule has 1 atom stereocenters. The Morgan fingerprint density at radius 3 is 2.83 bits per heavy atom. The number of halogens is 1. The van der Waals surface area contributed by atoms with Crippen molar-refractivity contribution in [3.8, 4) is 0 Å². The van der Waals surface area contributed by atoms with Crippen LogP contribution >= 0.6 is 15.9 Å². The Labute approximate surface area is 80.0 Å². The third-order valence-electron chi connectivity index (χ3n) is 1.62. The van der Waals surface area contributed by atoms with Gasteiger partial charge in [0, 0.05) is 6.20 Å². The van der Waals surface area contributed by atoms with E-state index in [2.05, 4.69) is 25.9 Å². The van der Waals surface area contributed by atoms with Gasteiger partial charge >= 0.3 is 0 Å². The number of hydrogen-bond donors (Lipinski definition) is 1. The van der Waals surface area contributed by atoms with Crippen molar-refractivity contribution in [3.63, 3.8) is 0 Å². The van der Waals surface area contributed by atoms with E-state index in [-0.39, 0.29) is 0 Å². The smallest absolute Gasteiger partial charge is 0.157 e. The van der Waals surface area contributed by atoms with Gasteiger partial charge in [0.05, 0.1) is 10.2 Å². The topological polar surface area (TPSA) is 46.0 Å². The van der Waals surface area contributed by atoms with Crippen molar-refractivity contribution >= 4 is 15.9 Å². The van der Waals surface area contributed by atoms with Crippen LogP contribution in [0.5, 0.6) is 0 Å². The normalized spacial score (nSPS) is 13.0. The zero-order valence-electron chi connectivity index (χ0n) is 7.08. The largest absolute Gasteiger partial charge is 0.385 e. The van der Waals surface area contributed by atoms with Crippen LogP contribution in [0, 0.1) is 6.92 Å². The number of aromatic nitrogens is 2. The Morgan fingerprint density at radius 1 is 1.67 bits per heavy atom. The quantitative estimate of drug-likeness (QED) is 0.846. The fourth-order valence-corrected chi connectivity index (χ4v) is 1.00. The van der Waals surface area contributed by atoms with Crippen molar-refractivity contribution in [2.24, 2.45) is 0 Å². The fourth-order valence-electron chi connectivity index (χ4n) is 0.813. The number of rotatable bonds is 2. The molecule has 0 aliphatic carbocycles. The molecule has 1 rings (SSSR count). The molecule has 0 fully saturated rings. The minimum absolute atomic E-state index is 0.498. The minimum atomic E-state index is -0.545. The van der Waals surface area contributed by atoms with E-state index in [1.165, 1.54) is 0 Å². The molecular formula is C8H11BrN2O. The van der Waals surface area contributed by atoms with Gasteiger partial charge in [-0.15, -0.1) is 0 Å². The van der Waals surface area contributed by atoms with Crippen LogP contribution in [0.1, 0.15) is 31.0 Å². The molecule has 0 spiro atoms. The molecule has 1 aromatic heterocycles. The van der Waals surface area contributed by atoms with Crippen LogP contribution in [0.2, 0.25) is 0 Å². The van der Waals surface area contributed by atoms with Gasteiger partial charge in [-0.05, 0) is 29.3 Å². The second kappa shape index (κ2) is 3.96. The summed E-state index contributed by atoms with van der Waals surface area (Å²) in [5, 5.41) is 9.40. The molecule has 1 heterocycles. The Bertz CT molecular complexity index is 278.